The Labute approximate surface area is 98.3 Å². The molecule has 17 heavy (non-hydrogen) atoms. The Morgan fingerprint density at radius 2 is 2.35 bits per heavy atom. The fraction of sp³-hybridized carbons (Fsp3) is 0.556. The second kappa shape index (κ2) is 5.02. The Kier molecular flexibility index (Phi) is 3.45. The summed E-state index contributed by atoms with van der Waals surface area (Å²) >= 11 is 0. The largest absolute Gasteiger partial charge is 0.383 e. The highest BCUT2D eigenvalue weighted by Gasteiger charge is 2.09. The molecule has 0 saturated heterocycles. The van der Waals surface area contributed by atoms with Gasteiger partial charge in [-0.25, -0.2) is 0 Å². The highest BCUT2D eigenvalue weighted by Crippen LogP contribution is 2.08. The SMILES string of the molecule is COCC(N)CN(C)c1ccc2nnnn2n1. The number of anilines is 1. The van der Waals surface area contributed by atoms with Crippen LogP contribution < -0.4 is 10.6 Å². The molecule has 0 aliphatic rings. The minimum Gasteiger partial charge on any atom is -0.383 e. The van der Waals surface area contributed by atoms with Crippen molar-refractivity contribution in [3.8, 4) is 0 Å². The maximum absolute atomic E-state index is 5.87. The number of hydrogen-bond donors (Lipinski definition) is 1. The number of likely N-dealkylation sites (N-methyl/N-ethyl adjacent to an activating group) is 1. The Morgan fingerprint density at radius 1 is 1.53 bits per heavy atom. The first-order valence-electron chi connectivity index (χ1n) is 5.22. The van der Waals surface area contributed by atoms with Crippen LogP contribution in [0.15, 0.2) is 12.1 Å². The number of hydrogen-bond acceptors (Lipinski definition) is 7. The zero-order valence-electron chi connectivity index (χ0n) is 9.82. The number of fused-ring (bicyclic) bond motifs is 1. The maximum atomic E-state index is 5.87. The van der Waals surface area contributed by atoms with Gasteiger partial charge in [-0.3, -0.25) is 0 Å². The van der Waals surface area contributed by atoms with Crippen LogP contribution in [0.1, 0.15) is 0 Å². The topological polar surface area (TPSA) is 94.5 Å². The molecule has 0 fully saturated rings. The van der Waals surface area contributed by atoms with E-state index in [1.54, 1.807) is 13.2 Å². The van der Waals surface area contributed by atoms with Gasteiger partial charge in [0, 0.05) is 26.7 Å². The van der Waals surface area contributed by atoms with Crippen molar-refractivity contribution < 1.29 is 4.74 Å². The van der Waals surface area contributed by atoms with E-state index in [-0.39, 0.29) is 6.04 Å². The Morgan fingerprint density at radius 3 is 3.12 bits per heavy atom. The molecule has 0 aliphatic heterocycles. The molecule has 2 aromatic rings. The van der Waals surface area contributed by atoms with E-state index in [1.165, 1.54) is 4.63 Å². The first-order chi connectivity index (χ1) is 8.20. The van der Waals surface area contributed by atoms with Crippen LogP contribution in [-0.2, 0) is 4.74 Å². The van der Waals surface area contributed by atoms with Crippen LogP contribution >= 0.6 is 0 Å². The van der Waals surface area contributed by atoms with Crippen LogP contribution in [0.5, 0.6) is 0 Å². The van der Waals surface area contributed by atoms with Gasteiger partial charge >= 0.3 is 0 Å². The molecule has 0 bridgehead atoms. The molecule has 1 unspecified atom stereocenters. The second-order valence-corrected chi connectivity index (χ2v) is 3.81. The molecule has 8 heteroatoms. The van der Waals surface area contributed by atoms with Crippen molar-refractivity contribution in [1.29, 1.82) is 0 Å². The molecule has 92 valence electrons. The van der Waals surface area contributed by atoms with E-state index in [9.17, 15) is 0 Å². The van der Waals surface area contributed by atoms with Gasteiger partial charge in [-0.05, 0) is 22.6 Å². The van der Waals surface area contributed by atoms with Crippen LogP contribution in [-0.4, -0.2) is 58.6 Å². The number of ether oxygens (including phenoxy) is 1. The van der Waals surface area contributed by atoms with Crippen molar-refractivity contribution in [1.82, 2.24) is 25.3 Å². The van der Waals surface area contributed by atoms with Crippen molar-refractivity contribution >= 4 is 11.5 Å². The third-order valence-corrected chi connectivity index (χ3v) is 2.34. The predicted octanol–water partition coefficient (Wildman–Crippen LogP) is -1.07. The van der Waals surface area contributed by atoms with Crippen LogP contribution in [0.4, 0.5) is 5.82 Å². The lowest BCUT2D eigenvalue weighted by Crippen LogP contribution is -2.38. The lowest BCUT2D eigenvalue weighted by Gasteiger charge is -2.21. The van der Waals surface area contributed by atoms with Crippen molar-refractivity contribution in [2.24, 2.45) is 5.73 Å². The van der Waals surface area contributed by atoms with Crippen LogP contribution in [0.25, 0.3) is 5.65 Å². The fourth-order valence-electron chi connectivity index (χ4n) is 1.56. The molecular weight excluding hydrogens is 222 g/mol. The Hall–Kier alpha value is -1.80. The van der Waals surface area contributed by atoms with E-state index in [2.05, 4.69) is 20.6 Å². The quantitative estimate of drug-likeness (QED) is 0.707. The van der Waals surface area contributed by atoms with E-state index < -0.39 is 0 Å². The lowest BCUT2D eigenvalue weighted by atomic mass is 10.3. The van der Waals surface area contributed by atoms with Gasteiger partial charge in [0.15, 0.2) is 11.5 Å². The Balaban J connectivity index is 2.09. The van der Waals surface area contributed by atoms with Crippen molar-refractivity contribution in [3.05, 3.63) is 12.1 Å². The summed E-state index contributed by atoms with van der Waals surface area (Å²) in [6.07, 6.45) is 0. The number of rotatable bonds is 5. The van der Waals surface area contributed by atoms with E-state index in [0.717, 1.165) is 5.82 Å². The van der Waals surface area contributed by atoms with Gasteiger partial charge in [0.25, 0.3) is 0 Å². The average molecular weight is 237 g/mol. The second-order valence-electron chi connectivity index (χ2n) is 3.81. The summed E-state index contributed by atoms with van der Waals surface area (Å²) < 4.78 is 6.37. The minimum atomic E-state index is -0.0589. The molecule has 2 aromatic heterocycles. The number of nitrogens with two attached hydrogens (primary N) is 1. The summed E-state index contributed by atoms with van der Waals surface area (Å²) in [6.45, 7) is 1.16. The smallest absolute Gasteiger partial charge is 0.200 e. The minimum absolute atomic E-state index is 0.0589. The molecule has 1 atom stereocenters. The van der Waals surface area contributed by atoms with Crippen LogP contribution in [0.2, 0.25) is 0 Å². The van der Waals surface area contributed by atoms with Crippen molar-refractivity contribution in [2.45, 2.75) is 6.04 Å². The van der Waals surface area contributed by atoms with Gasteiger partial charge in [0.05, 0.1) is 6.61 Å². The molecule has 0 aromatic carbocycles. The van der Waals surface area contributed by atoms with Gasteiger partial charge < -0.3 is 15.4 Å². The molecule has 0 amide bonds. The zero-order valence-corrected chi connectivity index (χ0v) is 9.82. The highest BCUT2D eigenvalue weighted by molar-refractivity contribution is 5.43. The lowest BCUT2D eigenvalue weighted by molar-refractivity contribution is 0.181. The van der Waals surface area contributed by atoms with Gasteiger partial charge in [0.2, 0.25) is 0 Å². The van der Waals surface area contributed by atoms with Crippen molar-refractivity contribution in [3.63, 3.8) is 0 Å². The summed E-state index contributed by atoms with van der Waals surface area (Å²) in [6, 6.07) is 3.60. The molecule has 2 rings (SSSR count). The third kappa shape index (κ3) is 2.66. The number of nitrogens with zero attached hydrogens (tertiary/aromatic N) is 6. The van der Waals surface area contributed by atoms with Crippen LogP contribution in [0, 0.1) is 0 Å². The molecular formula is C9H15N7O. The summed E-state index contributed by atoms with van der Waals surface area (Å²) in [5.41, 5.74) is 6.49. The predicted molar refractivity (Wildman–Crippen MR) is 61.7 cm³/mol. The monoisotopic (exact) mass is 237 g/mol. The molecule has 0 aliphatic carbocycles. The number of aromatic nitrogens is 5. The normalized spacial score (nSPS) is 12.9. The summed E-state index contributed by atoms with van der Waals surface area (Å²) in [5.74, 6) is 0.761. The van der Waals surface area contributed by atoms with Gasteiger partial charge in [-0.2, -0.15) is 0 Å². The maximum Gasteiger partial charge on any atom is 0.200 e. The first-order valence-corrected chi connectivity index (χ1v) is 5.22. The Bertz CT molecular complexity index is 485. The standard InChI is InChI=1S/C9H15N7O/c1-15(5-7(10)6-17-2)9-4-3-8-11-13-14-16(8)12-9/h3-4,7H,5-6,10H2,1-2H3. The molecule has 0 saturated carbocycles. The third-order valence-electron chi connectivity index (χ3n) is 2.34. The van der Waals surface area contributed by atoms with Gasteiger partial charge in [-0.1, -0.05) is 0 Å². The zero-order chi connectivity index (χ0) is 12.3. The van der Waals surface area contributed by atoms with Crippen molar-refractivity contribution in [2.75, 3.05) is 32.2 Å². The molecule has 0 spiro atoms. The average Bonchev–Trinajstić information content (AvgIpc) is 2.75. The summed E-state index contributed by atoms with van der Waals surface area (Å²) in [4.78, 5) is 1.94. The van der Waals surface area contributed by atoms with Crippen LogP contribution in [0.3, 0.4) is 0 Å². The summed E-state index contributed by atoms with van der Waals surface area (Å²) in [7, 11) is 3.54. The molecule has 2 heterocycles. The summed E-state index contributed by atoms with van der Waals surface area (Å²) in [5, 5.41) is 15.3. The number of methoxy groups -OCH3 is 1. The van der Waals surface area contributed by atoms with E-state index in [1.807, 2.05) is 18.0 Å². The highest BCUT2D eigenvalue weighted by atomic mass is 16.5. The van der Waals surface area contributed by atoms with E-state index >= 15 is 0 Å². The van der Waals surface area contributed by atoms with E-state index in [0.29, 0.717) is 18.8 Å². The van der Waals surface area contributed by atoms with Gasteiger partial charge in [-0.15, -0.1) is 14.8 Å². The molecule has 0 radical (unpaired) electrons. The number of tetrazole rings is 1. The van der Waals surface area contributed by atoms with Gasteiger partial charge in [0.1, 0.15) is 0 Å². The first kappa shape index (κ1) is 11.7. The fourth-order valence-corrected chi connectivity index (χ4v) is 1.56. The molecule has 8 nitrogen and oxygen atoms in total. The molecule has 2 N–H and O–H groups in total. The van der Waals surface area contributed by atoms with E-state index in [4.69, 9.17) is 10.5 Å².